The fourth-order valence-corrected chi connectivity index (χ4v) is 3.11. The number of nitrogens with two attached hydrogens (primary N) is 1. The van der Waals surface area contributed by atoms with E-state index in [1.807, 2.05) is 0 Å². The van der Waals surface area contributed by atoms with Crippen molar-refractivity contribution in [3.63, 3.8) is 0 Å². The highest BCUT2D eigenvalue weighted by Crippen LogP contribution is 2.48. The van der Waals surface area contributed by atoms with Crippen LogP contribution in [-0.4, -0.2) is 44.4 Å². The molecule has 9 heteroatoms. The number of nitrogens with zero attached hydrogens (tertiary/aromatic N) is 4. The van der Waals surface area contributed by atoms with Crippen LogP contribution >= 0.6 is 0 Å². The standard InChI is InChI=1S/C14H16N6O3/c1-7-8(3-9(21)14(7,4-15)5-23-2)20-6-17-10-11(20)18-13(16)19-12(10)22/h6,8-9,21H,1,3,5H2,2H3,(H3,16,18,19,22)/t8-,9-,14-/m0/s1. The predicted molar refractivity (Wildman–Crippen MR) is 81.3 cm³/mol. The van der Waals surface area contributed by atoms with Crippen LogP contribution in [0.15, 0.2) is 23.3 Å². The summed E-state index contributed by atoms with van der Waals surface area (Å²) in [7, 11) is 1.46. The zero-order valence-corrected chi connectivity index (χ0v) is 12.5. The normalized spacial score (nSPS) is 27.4. The van der Waals surface area contributed by atoms with Gasteiger partial charge in [0.05, 0.1) is 31.1 Å². The Morgan fingerprint density at radius 1 is 1.74 bits per heavy atom. The molecule has 23 heavy (non-hydrogen) atoms. The first-order chi connectivity index (χ1) is 10.9. The maximum Gasteiger partial charge on any atom is 0.280 e. The number of ether oxygens (including phenoxy) is 1. The van der Waals surface area contributed by atoms with E-state index in [0.717, 1.165) is 0 Å². The maximum absolute atomic E-state index is 11.9. The molecular weight excluding hydrogens is 300 g/mol. The summed E-state index contributed by atoms with van der Waals surface area (Å²) in [6, 6.07) is 1.69. The van der Waals surface area contributed by atoms with Gasteiger partial charge in [-0.15, -0.1) is 0 Å². The summed E-state index contributed by atoms with van der Waals surface area (Å²) in [5.74, 6) is -0.0307. The smallest absolute Gasteiger partial charge is 0.280 e. The molecule has 2 aromatic heterocycles. The number of hydrogen-bond donors (Lipinski definition) is 3. The number of H-pyrrole nitrogens is 1. The summed E-state index contributed by atoms with van der Waals surface area (Å²) in [4.78, 5) is 22.4. The van der Waals surface area contributed by atoms with Crippen LogP contribution in [0.3, 0.4) is 0 Å². The number of fused-ring (bicyclic) bond motifs is 1. The first kappa shape index (κ1) is 15.2. The molecule has 0 amide bonds. The Morgan fingerprint density at radius 2 is 2.48 bits per heavy atom. The van der Waals surface area contributed by atoms with E-state index in [0.29, 0.717) is 5.57 Å². The van der Waals surface area contributed by atoms with Crippen molar-refractivity contribution in [2.45, 2.75) is 18.6 Å². The number of aliphatic hydroxyl groups is 1. The van der Waals surface area contributed by atoms with Crippen LogP contribution in [0.1, 0.15) is 12.5 Å². The quantitative estimate of drug-likeness (QED) is 0.661. The van der Waals surface area contributed by atoms with Crippen molar-refractivity contribution in [1.29, 1.82) is 5.26 Å². The van der Waals surface area contributed by atoms with Gasteiger partial charge in [-0.3, -0.25) is 9.78 Å². The summed E-state index contributed by atoms with van der Waals surface area (Å²) < 4.78 is 6.71. The van der Waals surface area contributed by atoms with Crippen LogP contribution in [0.4, 0.5) is 5.95 Å². The van der Waals surface area contributed by atoms with E-state index in [4.69, 9.17) is 10.5 Å². The molecule has 3 atom stereocenters. The van der Waals surface area contributed by atoms with E-state index in [-0.39, 0.29) is 30.1 Å². The van der Waals surface area contributed by atoms with Gasteiger partial charge in [0.15, 0.2) is 11.2 Å². The molecule has 2 heterocycles. The molecule has 1 fully saturated rings. The van der Waals surface area contributed by atoms with Crippen molar-refractivity contribution in [2.75, 3.05) is 19.5 Å². The molecule has 0 bridgehead atoms. The highest BCUT2D eigenvalue weighted by atomic mass is 16.5. The third-order valence-electron chi connectivity index (χ3n) is 4.35. The number of imidazole rings is 1. The van der Waals surface area contributed by atoms with Gasteiger partial charge in [0, 0.05) is 7.11 Å². The van der Waals surface area contributed by atoms with Gasteiger partial charge in [-0.1, -0.05) is 6.58 Å². The van der Waals surface area contributed by atoms with E-state index in [1.54, 1.807) is 4.57 Å². The van der Waals surface area contributed by atoms with E-state index < -0.39 is 23.1 Å². The fourth-order valence-electron chi connectivity index (χ4n) is 3.11. The minimum atomic E-state index is -1.21. The van der Waals surface area contributed by atoms with Crippen molar-refractivity contribution in [1.82, 2.24) is 19.5 Å². The Balaban J connectivity index is 2.13. The number of anilines is 1. The number of aliphatic hydroxyl groups excluding tert-OH is 1. The van der Waals surface area contributed by atoms with Crippen molar-refractivity contribution >= 4 is 17.1 Å². The molecule has 0 aliphatic heterocycles. The molecule has 0 spiro atoms. The molecule has 1 aliphatic rings. The lowest BCUT2D eigenvalue weighted by Crippen LogP contribution is -2.34. The van der Waals surface area contributed by atoms with Gasteiger partial charge in [-0.05, 0) is 12.0 Å². The molecule has 0 saturated heterocycles. The number of nitrogens with one attached hydrogen (secondary N) is 1. The second kappa shape index (κ2) is 5.19. The number of aromatic amines is 1. The van der Waals surface area contributed by atoms with Gasteiger partial charge in [0.2, 0.25) is 5.95 Å². The topological polar surface area (TPSA) is 143 Å². The van der Waals surface area contributed by atoms with Crippen molar-refractivity contribution < 1.29 is 9.84 Å². The minimum Gasteiger partial charge on any atom is -0.391 e. The number of aromatic nitrogens is 4. The van der Waals surface area contributed by atoms with Gasteiger partial charge in [-0.2, -0.15) is 10.2 Å². The summed E-state index contributed by atoms with van der Waals surface area (Å²) in [5, 5.41) is 19.9. The molecule has 3 rings (SSSR count). The largest absolute Gasteiger partial charge is 0.391 e. The Labute approximate surface area is 131 Å². The minimum absolute atomic E-state index is 0.0305. The van der Waals surface area contributed by atoms with E-state index in [9.17, 15) is 15.2 Å². The van der Waals surface area contributed by atoms with Crippen LogP contribution < -0.4 is 11.3 Å². The van der Waals surface area contributed by atoms with E-state index >= 15 is 0 Å². The number of hydrogen-bond acceptors (Lipinski definition) is 7. The van der Waals surface area contributed by atoms with Gasteiger partial charge in [-0.25, -0.2) is 4.98 Å². The number of nitriles is 1. The summed E-state index contributed by atoms with van der Waals surface area (Å²) in [6.07, 6.45) is 0.742. The van der Waals surface area contributed by atoms with Crippen LogP contribution in [-0.2, 0) is 4.74 Å². The first-order valence-electron chi connectivity index (χ1n) is 6.94. The highest BCUT2D eigenvalue weighted by molar-refractivity contribution is 5.71. The Bertz CT molecular complexity index is 879. The molecular formula is C14H16N6O3. The lowest BCUT2D eigenvalue weighted by atomic mass is 9.83. The first-order valence-corrected chi connectivity index (χ1v) is 6.94. The average molecular weight is 316 g/mol. The molecule has 1 aliphatic carbocycles. The SMILES string of the molecule is C=C1[C@@H](n2cnc3c(=O)[nH]c(N)nc32)C[C@H](O)[C@@]1(C#N)COC. The monoisotopic (exact) mass is 316 g/mol. The highest BCUT2D eigenvalue weighted by Gasteiger charge is 2.51. The summed E-state index contributed by atoms with van der Waals surface area (Å²) >= 11 is 0. The average Bonchev–Trinajstić information content (AvgIpc) is 3.02. The van der Waals surface area contributed by atoms with Gasteiger partial charge in [0.25, 0.3) is 5.56 Å². The maximum atomic E-state index is 11.9. The third kappa shape index (κ3) is 2.03. The fraction of sp³-hybridized carbons (Fsp3) is 0.429. The summed E-state index contributed by atoms with van der Waals surface area (Å²) in [6.45, 7) is 4.01. The van der Waals surface area contributed by atoms with Crippen molar-refractivity contribution in [3.05, 3.63) is 28.8 Å². The van der Waals surface area contributed by atoms with E-state index in [2.05, 4.69) is 27.6 Å². The Hall–Kier alpha value is -2.70. The number of rotatable bonds is 3. The predicted octanol–water partition coefficient (Wildman–Crippen LogP) is -0.280. The van der Waals surface area contributed by atoms with Gasteiger partial charge < -0.3 is 20.1 Å². The lowest BCUT2D eigenvalue weighted by molar-refractivity contribution is 0.0423. The van der Waals surface area contributed by atoms with Gasteiger partial charge >= 0.3 is 0 Å². The second-order valence-corrected chi connectivity index (χ2v) is 5.58. The van der Waals surface area contributed by atoms with Crippen molar-refractivity contribution in [2.24, 2.45) is 5.41 Å². The zero-order valence-electron chi connectivity index (χ0n) is 12.5. The molecule has 2 aromatic rings. The second-order valence-electron chi connectivity index (χ2n) is 5.58. The van der Waals surface area contributed by atoms with Gasteiger partial charge in [0.1, 0.15) is 5.41 Å². The Morgan fingerprint density at radius 3 is 3.13 bits per heavy atom. The molecule has 1 saturated carbocycles. The molecule has 0 radical (unpaired) electrons. The zero-order chi connectivity index (χ0) is 16.8. The third-order valence-corrected chi connectivity index (χ3v) is 4.35. The van der Waals surface area contributed by atoms with Crippen LogP contribution in [0.5, 0.6) is 0 Å². The Kier molecular flexibility index (Phi) is 3.43. The molecule has 4 N–H and O–H groups in total. The van der Waals surface area contributed by atoms with E-state index in [1.165, 1.54) is 13.4 Å². The summed E-state index contributed by atoms with van der Waals surface area (Å²) in [5.41, 5.74) is 4.86. The molecule has 0 aromatic carbocycles. The van der Waals surface area contributed by atoms with Crippen LogP contribution in [0.25, 0.3) is 11.2 Å². The lowest BCUT2D eigenvalue weighted by Gasteiger charge is -2.25. The molecule has 9 nitrogen and oxygen atoms in total. The van der Waals surface area contributed by atoms with Crippen molar-refractivity contribution in [3.8, 4) is 6.07 Å². The molecule has 120 valence electrons. The molecule has 0 unspecified atom stereocenters. The van der Waals surface area contributed by atoms with Crippen LogP contribution in [0, 0.1) is 16.7 Å². The number of methoxy groups -OCH3 is 1. The van der Waals surface area contributed by atoms with Crippen LogP contribution in [0.2, 0.25) is 0 Å². The number of nitrogen functional groups attached to an aromatic ring is 1.